The van der Waals surface area contributed by atoms with Crippen molar-refractivity contribution in [3.63, 3.8) is 0 Å². The molecule has 1 aromatic heterocycles. The molecule has 2 heterocycles. The van der Waals surface area contributed by atoms with Gasteiger partial charge in [0.25, 0.3) is 0 Å². The van der Waals surface area contributed by atoms with Crippen LogP contribution in [0.1, 0.15) is 57.2 Å². The number of allylic oxidation sites excluding steroid dienone is 2. The van der Waals surface area contributed by atoms with E-state index in [0.29, 0.717) is 11.4 Å². The third-order valence-corrected chi connectivity index (χ3v) is 7.75. The second-order valence-electron chi connectivity index (χ2n) is 9.34. The van der Waals surface area contributed by atoms with E-state index in [9.17, 15) is 4.79 Å². The van der Waals surface area contributed by atoms with Crippen LogP contribution in [0.2, 0.25) is 0 Å². The molecule has 33 heavy (non-hydrogen) atoms. The van der Waals surface area contributed by atoms with Crippen LogP contribution in [0.5, 0.6) is 5.75 Å². The number of nitrogens with two attached hydrogens (primary N) is 1. The van der Waals surface area contributed by atoms with Crippen molar-refractivity contribution in [2.75, 3.05) is 18.8 Å². The first-order valence-electron chi connectivity index (χ1n) is 12.0. The molecule has 2 amide bonds. The van der Waals surface area contributed by atoms with Crippen LogP contribution >= 0.6 is 11.3 Å². The van der Waals surface area contributed by atoms with Crippen LogP contribution in [0.3, 0.4) is 0 Å². The zero-order valence-corrected chi connectivity index (χ0v) is 20.2. The van der Waals surface area contributed by atoms with Gasteiger partial charge in [-0.25, -0.2) is 9.78 Å². The fourth-order valence-electron chi connectivity index (χ4n) is 5.08. The van der Waals surface area contributed by atoms with Crippen molar-refractivity contribution < 1.29 is 9.53 Å². The number of nitrogens with one attached hydrogen (secondary N) is 1. The zero-order chi connectivity index (χ0) is 22.9. The van der Waals surface area contributed by atoms with Gasteiger partial charge in [0, 0.05) is 24.8 Å². The van der Waals surface area contributed by atoms with Crippen LogP contribution in [-0.2, 0) is 0 Å². The molecule has 2 aliphatic carbocycles. The Morgan fingerprint density at radius 1 is 1.24 bits per heavy atom. The van der Waals surface area contributed by atoms with Gasteiger partial charge in [-0.2, -0.15) is 0 Å². The highest BCUT2D eigenvalue weighted by atomic mass is 32.1. The number of aromatic nitrogens is 1. The number of nitrogens with zero attached hydrogens (tertiary/aromatic N) is 2. The maximum Gasteiger partial charge on any atom is 0.317 e. The van der Waals surface area contributed by atoms with E-state index in [2.05, 4.69) is 11.4 Å². The van der Waals surface area contributed by atoms with Crippen LogP contribution < -0.4 is 15.8 Å². The Labute approximate surface area is 199 Å². The van der Waals surface area contributed by atoms with Gasteiger partial charge in [0.15, 0.2) is 0 Å². The third kappa shape index (κ3) is 4.51. The smallest absolute Gasteiger partial charge is 0.317 e. The Bertz CT molecular complexity index is 1110. The highest BCUT2D eigenvalue weighted by Crippen LogP contribution is 2.44. The molecule has 0 bridgehead atoms. The van der Waals surface area contributed by atoms with Crippen LogP contribution in [-0.4, -0.2) is 41.2 Å². The lowest BCUT2D eigenvalue weighted by molar-refractivity contribution is 0.206. The minimum Gasteiger partial charge on any atom is -0.489 e. The fourth-order valence-corrected chi connectivity index (χ4v) is 6.10. The molecule has 0 radical (unpaired) electrons. The average Bonchev–Trinajstić information content (AvgIpc) is 3.56. The lowest BCUT2D eigenvalue weighted by Gasteiger charge is -2.23. The van der Waals surface area contributed by atoms with Crippen molar-refractivity contribution in [1.29, 1.82) is 0 Å². The van der Waals surface area contributed by atoms with Crippen molar-refractivity contribution in [2.24, 2.45) is 0 Å². The van der Waals surface area contributed by atoms with E-state index >= 15 is 0 Å². The number of hydrogen-bond donors (Lipinski definition) is 2. The maximum absolute atomic E-state index is 12.6. The van der Waals surface area contributed by atoms with E-state index in [1.807, 2.05) is 43.1 Å². The number of hydrogen-bond acceptors (Lipinski definition) is 5. The van der Waals surface area contributed by atoms with E-state index in [-0.39, 0.29) is 18.2 Å². The molecule has 3 N–H and O–H groups in total. The quantitative estimate of drug-likeness (QED) is 0.563. The first-order chi connectivity index (χ1) is 16.0. The molecule has 7 heteroatoms. The molecule has 174 valence electrons. The highest BCUT2D eigenvalue weighted by Gasteiger charge is 2.32. The molecule has 2 aromatic rings. The molecular formula is C26H32N4O2S. The van der Waals surface area contributed by atoms with Gasteiger partial charge in [0.2, 0.25) is 0 Å². The summed E-state index contributed by atoms with van der Waals surface area (Å²) in [6.07, 6.45) is 10.7. The summed E-state index contributed by atoms with van der Waals surface area (Å²) >= 11 is 1.72. The second-order valence-corrected chi connectivity index (χ2v) is 10.4. The van der Waals surface area contributed by atoms with Gasteiger partial charge in [0.1, 0.15) is 10.8 Å². The molecule has 5 rings (SSSR count). The topological polar surface area (TPSA) is 80.5 Å². The molecule has 1 saturated carbocycles. The van der Waals surface area contributed by atoms with E-state index < -0.39 is 0 Å². The summed E-state index contributed by atoms with van der Waals surface area (Å²) in [7, 11) is 0. The van der Waals surface area contributed by atoms with Crippen LogP contribution in [0.15, 0.2) is 41.6 Å². The van der Waals surface area contributed by atoms with Crippen molar-refractivity contribution in [3.05, 3.63) is 46.5 Å². The summed E-state index contributed by atoms with van der Waals surface area (Å²) in [6.45, 7) is 5.75. The van der Waals surface area contributed by atoms with E-state index in [0.717, 1.165) is 62.2 Å². The minimum absolute atomic E-state index is 0.0852. The normalized spacial score (nSPS) is 20.3. The monoisotopic (exact) mass is 464 g/mol. The van der Waals surface area contributed by atoms with E-state index in [4.69, 9.17) is 15.5 Å². The number of amides is 2. The molecule has 1 aromatic carbocycles. The molecule has 6 nitrogen and oxygen atoms in total. The van der Waals surface area contributed by atoms with Gasteiger partial charge in [-0.15, -0.1) is 11.3 Å². The summed E-state index contributed by atoms with van der Waals surface area (Å²) < 4.78 is 5.76. The SMILES string of the molecule is CC(C)Oc1ccc(-c2ncc(C3=C4CCC(NC(=O)N5CCCC5)C4=CCC3)s2)cc1N. The predicted molar refractivity (Wildman–Crippen MR) is 134 cm³/mol. The highest BCUT2D eigenvalue weighted by molar-refractivity contribution is 7.16. The Hall–Kier alpha value is -2.80. The number of urea groups is 1. The minimum atomic E-state index is 0.0852. The van der Waals surface area contributed by atoms with Gasteiger partial charge in [0.05, 0.1) is 22.7 Å². The van der Waals surface area contributed by atoms with Crippen molar-refractivity contribution >= 4 is 28.6 Å². The summed E-state index contributed by atoms with van der Waals surface area (Å²) in [5, 5.41) is 4.26. The van der Waals surface area contributed by atoms with E-state index in [1.54, 1.807) is 11.3 Å². The molecule has 3 aliphatic rings. The number of fused-ring (bicyclic) bond motifs is 1. The van der Waals surface area contributed by atoms with Crippen molar-refractivity contribution in [1.82, 2.24) is 15.2 Å². The molecule has 2 fully saturated rings. The Morgan fingerprint density at radius 3 is 2.82 bits per heavy atom. The first-order valence-corrected chi connectivity index (χ1v) is 12.8. The van der Waals surface area contributed by atoms with Crippen LogP contribution in [0.4, 0.5) is 10.5 Å². The first kappa shape index (κ1) is 22.0. The summed E-state index contributed by atoms with van der Waals surface area (Å²) in [5.41, 5.74) is 12.0. The van der Waals surface area contributed by atoms with E-state index in [1.165, 1.54) is 21.6 Å². The summed E-state index contributed by atoms with van der Waals surface area (Å²) in [6, 6.07) is 6.13. The Kier molecular flexibility index (Phi) is 6.15. The zero-order valence-electron chi connectivity index (χ0n) is 19.4. The summed E-state index contributed by atoms with van der Waals surface area (Å²) in [4.78, 5) is 20.5. The number of benzene rings is 1. The van der Waals surface area contributed by atoms with Crippen molar-refractivity contribution in [3.8, 4) is 16.3 Å². The molecule has 1 aliphatic heterocycles. The third-order valence-electron chi connectivity index (χ3n) is 6.64. The number of nitrogen functional groups attached to an aromatic ring is 1. The molecule has 1 saturated heterocycles. The fraction of sp³-hybridized carbons (Fsp3) is 0.462. The van der Waals surface area contributed by atoms with Crippen molar-refractivity contribution in [2.45, 2.75) is 64.5 Å². The van der Waals surface area contributed by atoms with Gasteiger partial charge in [-0.1, -0.05) is 6.08 Å². The van der Waals surface area contributed by atoms with Gasteiger partial charge >= 0.3 is 6.03 Å². The van der Waals surface area contributed by atoms with Gasteiger partial charge in [-0.05, 0) is 87.3 Å². The number of carbonyl (C=O) groups is 1. The van der Waals surface area contributed by atoms with Gasteiger partial charge < -0.3 is 20.7 Å². The Balaban J connectivity index is 1.35. The molecular weight excluding hydrogens is 432 g/mol. The Morgan fingerprint density at radius 2 is 2.06 bits per heavy atom. The standard InChI is InChI=1S/C26H32N4O2S/c1-16(2)32-23-11-8-17(14-21(23)27)25-28-15-24(33-25)20-7-5-6-19-18(20)9-10-22(19)29-26(31)30-12-3-4-13-30/h6,8,11,14-16,22H,3-5,7,9-10,12-13,27H2,1-2H3,(H,29,31). The average molecular weight is 465 g/mol. The molecule has 1 unspecified atom stereocenters. The molecule has 1 atom stereocenters. The van der Waals surface area contributed by atoms with Gasteiger partial charge in [-0.3, -0.25) is 0 Å². The van der Waals surface area contributed by atoms with Crippen LogP contribution in [0.25, 0.3) is 16.1 Å². The number of likely N-dealkylation sites (tertiary alicyclic amines) is 1. The number of carbonyl (C=O) groups excluding carboxylic acids is 1. The lowest BCUT2D eigenvalue weighted by Crippen LogP contribution is -2.43. The van der Waals surface area contributed by atoms with Crippen LogP contribution in [0, 0.1) is 0 Å². The number of thiazole rings is 1. The largest absolute Gasteiger partial charge is 0.489 e. The maximum atomic E-state index is 12.6. The number of anilines is 1. The predicted octanol–water partition coefficient (Wildman–Crippen LogP) is 5.62. The number of ether oxygens (including phenoxy) is 1. The second kappa shape index (κ2) is 9.21. The number of rotatable bonds is 5. The summed E-state index contributed by atoms with van der Waals surface area (Å²) in [5.74, 6) is 0.713. The molecule has 0 spiro atoms. The lowest BCUT2D eigenvalue weighted by atomic mass is 9.91.